The van der Waals surface area contributed by atoms with Gasteiger partial charge in [0.25, 0.3) is 0 Å². The van der Waals surface area contributed by atoms with Crippen molar-refractivity contribution >= 4 is 28.6 Å². The fourth-order valence-corrected chi connectivity index (χ4v) is 4.38. The highest BCUT2D eigenvalue weighted by atomic mass is 19.1. The van der Waals surface area contributed by atoms with E-state index in [0.717, 1.165) is 31.9 Å². The lowest BCUT2D eigenvalue weighted by atomic mass is 9.78. The molecule has 3 aromatic rings. The number of halogens is 1. The molecule has 168 valence electrons. The van der Waals surface area contributed by atoms with Gasteiger partial charge in [0.05, 0.1) is 42.8 Å². The quantitative estimate of drug-likeness (QED) is 0.624. The monoisotopic (exact) mass is 439 g/mol. The average molecular weight is 439 g/mol. The van der Waals surface area contributed by atoms with Crippen molar-refractivity contribution in [3.05, 3.63) is 47.7 Å². The van der Waals surface area contributed by atoms with Crippen LogP contribution in [0.5, 0.6) is 0 Å². The zero-order valence-electron chi connectivity index (χ0n) is 18.3. The molecule has 1 atom stereocenters. The molecule has 0 unspecified atom stereocenters. The van der Waals surface area contributed by atoms with Crippen LogP contribution < -0.4 is 15.5 Å². The molecule has 1 spiro atoms. The summed E-state index contributed by atoms with van der Waals surface area (Å²) in [6.45, 7) is 9.26. The van der Waals surface area contributed by atoms with E-state index >= 15 is 0 Å². The van der Waals surface area contributed by atoms with E-state index in [0.29, 0.717) is 28.4 Å². The lowest BCUT2D eigenvalue weighted by Gasteiger charge is -2.54. The molecule has 2 fully saturated rings. The second kappa shape index (κ2) is 7.74. The number of nitrogens with zero attached hydrogens (tertiary/aromatic N) is 3. The molecule has 0 saturated carbocycles. The van der Waals surface area contributed by atoms with Crippen LogP contribution in [0, 0.1) is 24.1 Å². The zero-order valence-corrected chi connectivity index (χ0v) is 18.3. The fourth-order valence-electron chi connectivity index (χ4n) is 4.38. The first-order valence-corrected chi connectivity index (χ1v) is 10.7. The van der Waals surface area contributed by atoms with Crippen LogP contribution in [0.15, 0.2) is 35.0 Å². The van der Waals surface area contributed by atoms with Crippen LogP contribution in [0.25, 0.3) is 11.0 Å². The van der Waals surface area contributed by atoms with Gasteiger partial charge in [-0.15, -0.1) is 0 Å². The lowest BCUT2D eigenvalue weighted by Crippen LogP contribution is -2.66. The molecule has 5 rings (SSSR count). The molecule has 32 heavy (non-hydrogen) atoms. The van der Waals surface area contributed by atoms with E-state index in [1.807, 2.05) is 20.8 Å². The molecule has 1 aromatic carbocycles. The molecule has 2 aliphatic heterocycles. The maximum Gasteiger partial charge on any atom is 0.319 e. The van der Waals surface area contributed by atoms with Gasteiger partial charge in [0, 0.05) is 24.0 Å². The molecule has 2 aliphatic rings. The number of ether oxygens (including phenoxy) is 1. The molecule has 4 heterocycles. The molecule has 2 amide bonds. The first-order chi connectivity index (χ1) is 15.3. The number of furan rings is 1. The Bertz CT molecular complexity index is 1150. The van der Waals surface area contributed by atoms with E-state index < -0.39 is 0 Å². The number of rotatable bonds is 5. The summed E-state index contributed by atoms with van der Waals surface area (Å²) < 4.78 is 24.9. The molecule has 8 nitrogen and oxygen atoms in total. The first-order valence-electron chi connectivity index (χ1n) is 10.7. The molecule has 2 saturated heterocycles. The third-order valence-corrected chi connectivity index (χ3v) is 6.22. The van der Waals surface area contributed by atoms with E-state index in [1.165, 1.54) is 12.1 Å². The highest BCUT2D eigenvalue weighted by Gasteiger charge is 2.49. The summed E-state index contributed by atoms with van der Waals surface area (Å²) in [4.78, 5) is 23.6. The van der Waals surface area contributed by atoms with E-state index in [2.05, 4.69) is 25.5 Å². The van der Waals surface area contributed by atoms with Gasteiger partial charge in [0.15, 0.2) is 0 Å². The second-order valence-electron chi connectivity index (χ2n) is 9.17. The van der Waals surface area contributed by atoms with Gasteiger partial charge in [-0.2, -0.15) is 0 Å². The van der Waals surface area contributed by atoms with E-state index in [9.17, 15) is 9.18 Å². The van der Waals surface area contributed by atoms with Gasteiger partial charge < -0.3 is 24.7 Å². The Hall–Kier alpha value is -3.20. The van der Waals surface area contributed by atoms with Gasteiger partial charge in [-0.25, -0.2) is 19.2 Å². The summed E-state index contributed by atoms with van der Waals surface area (Å²) in [5.41, 5.74) is 2.19. The highest BCUT2D eigenvalue weighted by Crippen LogP contribution is 2.39. The van der Waals surface area contributed by atoms with Crippen molar-refractivity contribution in [3.63, 3.8) is 0 Å². The van der Waals surface area contributed by atoms with Crippen LogP contribution >= 0.6 is 0 Å². The Labute approximate surface area is 185 Å². The standard InChI is InChI=1S/C23H26FN5O3/c1-13(2)19(20-14(3)17-6-15(24)4-5-18(17)32-20)28-22(30)27-16-7-25-21(26-8-16)29-9-23(10-29)11-31-12-23/h4-8,13,19H,9-12H2,1-3H3,(H2,27,28,30)/t19-/m0/s1. The Morgan fingerprint density at radius 3 is 2.56 bits per heavy atom. The largest absolute Gasteiger partial charge is 0.459 e. The number of hydrogen-bond acceptors (Lipinski definition) is 6. The van der Waals surface area contributed by atoms with Crippen LogP contribution in [0.1, 0.15) is 31.2 Å². The molecule has 2 N–H and O–H groups in total. The predicted molar refractivity (Wildman–Crippen MR) is 118 cm³/mol. The number of hydrogen-bond donors (Lipinski definition) is 2. The van der Waals surface area contributed by atoms with Gasteiger partial charge in [0.1, 0.15) is 17.2 Å². The van der Waals surface area contributed by atoms with Crippen molar-refractivity contribution in [3.8, 4) is 0 Å². The summed E-state index contributed by atoms with van der Waals surface area (Å²) >= 11 is 0. The van der Waals surface area contributed by atoms with E-state index in [1.54, 1.807) is 18.5 Å². The fraction of sp³-hybridized carbons (Fsp3) is 0.435. The number of amides is 2. The molecule has 2 aromatic heterocycles. The van der Waals surface area contributed by atoms with Crippen molar-refractivity contribution < 1.29 is 18.3 Å². The van der Waals surface area contributed by atoms with Crippen molar-refractivity contribution in [1.29, 1.82) is 0 Å². The van der Waals surface area contributed by atoms with Crippen molar-refractivity contribution in [2.24, 2.45) is 11.3 Å². The second-order valence-corrected chi connectivity index (χ2v) is 9.17. The number of aryl methyl sites for hydroxylation is 1. The summed E-state index contributed by atoms with van der Waals surface area (Å²) in [7, 11) is 0. The zero-order chi connectivity index (χ0) is 22.5. The summed E-state index contributed by atoms with van der Waals surface area (Å²) in [5.74, 6) is 1.00. The maximum absolute atomic E-state index is 13.7. The average Bonchev–Trinajstić information content (AvgIpc) is 3.01. The van der Waals surface area contributed by atoms with Crippen molar-refractivity contribution in [1.82, 2.24) is 15.3 Å². The molecule has 0 aliphatic carbocycles. The number of nitrogens with one attached hydrogen (secondary N) is 2. The number of carbonyl (C=O) groups excluding carboxylic acids is 1. The van der Waals surface area contributed by atoms with Crippen LogP contribution in [-0.2, 0) is 4.74 Å². The minimum atomic E-state index is -0.388. The van der Waals surface area contributed by atoms with Crippen LogP contribution in [0.2, 0.25) is 0 Å². The van der Waals surface area contributed by atoms with Crippen molar-refractivity contribution in [2.75, 3.05) is 36.5 Å². The Kier molecular flexibility index (Phi) is 5.00. The van der Waals surface area contributed by atoms with Gasteiger partial charge in [0.2, 0.25) is 5.95 Å². The highest BCUT2D eigenvalue weighted by molar-refractivity contribution is 5.89. The Morgan fingerprint density at radius 1 is 1.22 bits per heavy atom. The topological polar surface area (TPSA) is 92.5 Å². The summed E-state index contributed by atoms with van der Waals surface area (Å²) in [6, 6.07) is 3.65. The third kappa shape index (κ3) is 3.66. The van der Waals surface area contributed by atoms with E-state index in [-0.39, 0.29) is 29.2 Å². The SMILES string of the molecule is Cc1c([C@@H](NC(=O)Nc2cnc(N3CC4(COC4)C3)nc2)C(C)C)oc2ccc(F)cc12. The Balaban J connectivity index is 1.25. The molecule has 9 heteroatoms. The minimum absolute atomic E-state index is 0.0534. The number of anilines is 2. The Morgan fingerprint density at radius 2 is 1.94 bits per heavy atom. The molecular weight excluding hydrogens is 413 g/mol. The molecular formula is C23H26FN5O3. The third-order valence-electron chi connectivity index (χ3n) is 6.22. The minimum Gasteiger partial charge on any atom is -0.459 e. The van der Waals surface area contributed by atoms with Crippen LogP contribution in [0.3, 0.4) is 0 Å². The number of aromatic nitrogens is 2. The van der Waals surface area contributed by atoms with Crippen LogP contribution in [-0.4, -0.2) is 42.3 Å². The van der Waals surface area contributed by atoms with Gasteiger partial charge in [-0.3, -0.25) is 0 Å². The van der Waals surface area contributed by atoms with Crippen molar-refractivity contribution in [2.45, 2.75) is 26.8 Å². The van der Waals surface area contributed by atoms with Crippen LogP contribution in [0.4, 0.5) is 20.8 Å². The maximum atomic E-state index is 13.7. The number of carbonyl (C=O) groups is 1. The number of benzene rings is 1. The number of urea groups is 1. The smallest absolute Gasteiger partial charge is 0.319 e. The van der Waals surface area contributed by atoms with Gasteiger partial charge >= 0.3 is 6.03 Å². The molecule has 0 bridgehead atoms. The molecule has 0 radical (unpaired) electrons. The first kappa shape index (κ1) is 20.7. The summed E-state index contributed by atoms with van der Waals surface area (Å²) in [6.07, 6.45) is 3.20. The van der Waals surface area contributed by atoms with E-state index in [4.69, 9.17) is 9.15 Å². The lowest BCUT2D eigenvalue weighted by molar-refractivity contribution is -0.127. The predicted octanol–water partition coefficient (Wildman–Crippen LogP) is 4.03. The van der Waals surface area contributed by atoms with Gasteiger partial charge in [-0.05, 0) is 31.0 Å². The number of fused-ring (bicyclic) bond motifs is 1. The van der Waals surface area contributed by atoms with Gasteiger partial charge in [-0.1, -0.05) is 13.8 Å². The summed E-state index contributed by atoms with van der Waals surface area (Å²) in [5, 5.41) is 6.46. The normalized spacial score (nSPS) is 17.8.